The summed E-state index contributed by atoms with van der Waals surface area (Å²) in [5.74, 6) is 0.718. The molecule has 2 N–H and O–H groups in total. The first kappa shape index (κ1) is 14.5. The molecule has 2 nitrogen and oxygen atoms in total. The standard InChI is InChI=1S/C17H27NO/c1-14(2)8-11-19-12-10-17(13-18)9-7-15-5-3-4-6-16(15)17/h3-6,14H,7-13,18H2,1-2H3. The van der Waals surface area contributed by atoms with Crippen LogP contribution in [0.15, 0.2) is 24.3 Å². The highest BCUT2D eigenvalue weighted by molar-refractivity contribution is 5.39. The zero-order valence-corrected chi connectivity index (χ0v) is 12.3. The van der Waals surface area contributed by atoms with Crippen molar-refractivity contribution in [2.75, 3.05) is 19.8 Å². The van der Waals surface area contributed by atoms with Crippen LogP contribution in [-0.4, -0.2) is 19.8 Å². The molecule has 0 fully saturated rings. The Morgan fingerprint density at radius 1 is 1.26 bits per heavy atom. The Morgan fingerprint density at radius 2 is 2.05 bits per heavy atom. The quantitative estimate of drug-likeness (QED) is 0.764. The van der Waals surface area contributed by atoms with Crippen LogP contribution in [0.4, 0.5) is 0 Å². The van der Waals surface area contributed by atoms with Gasteiger partial charge in [0, 0.05) is 25.2 Å². The van der Waals surface area contributed by atoms with Crippen molar-refractivity contribution in [2.24, 2.45) is 11.7 Å². The van der Waals surface area contributed by atoms with Gasteiger partial charge in [-0.05, 0) is 42.7 Å². The first-order valence-corrected chi connectivity index (χ1v) is 7.54. The van der Waals surface area contributed by atoms with Crippen LogP contribution in [0.3, 0.4) is 0 Å². The number of hydrogen-bond acceptors (Lipinski definition) is 2. The Kier molecular flexibility index (Phi) is 5.00. The third kappa shape index (κ3) is 3.37. The summed E-state index contributed by atoms with van der Waals surface area (Å²) in [5, 5.41) is 0. The second-order valence-electron chi connectivity index (χ2n) is 6.19. The van der Waals surface area contributed by atoms with E-state index in [0.29, 0.717) is 0 Å². The van der Waals surface area contributed by atoms with E-state index in [1.54, 1.807) is 0 Å². The van der Waals surface area contributed by atoms with E-state index in [-0.39, 0.29) is 5.41 Å². The molecule has 0 amide bonds. The molecule has 19 heavy (non-hydrogen) atoms. The van der Waals surface area contributed by atoms with Crippen LogP contribution in [0.2, 0.25) is 0 Å². The van der Waals surface area contributed by atoms with Crippen LogP contribution in [0, 0.1) is 5.92 Å². The molecule has 0 saturated carbocycles. The lowest BCUT2D eigenvalue weighted by molar-refractivity contribution is 0.105. The molecule has 2 rings (SSSR count). The van der Waals surface area contributed by atoms with E-state index < -0.39 is 0 Å². The van der Waals surface area contributed by atoms with Gasteiger partial charge in [-0.1, -0.05) is 38.1 Å². The molecule has 1 unspecified atom stereocenters. The van der Waals surface area contributed by atoms with Gasteiger partial charge in [-0.2, -0.15) is 0 Å². The van der Waals surface area contributed by atoms with Crippen LogP contribution < -0.4 is 5.73 Å². The van der Waals surface area contributed by atoms with Crippen molar-refractivity contribution < 1.29 is 4.74 Å². The number of fused-ring (bicyclic) bond motifs is 1. The molecule has 0 spiro atoms. The van der Waals surface area contributed by atoms with Crippen molar-refractivity contribution >= 4 is 0 Å². The minimum atomic E-state index is 0.161. The van der Waals surface area contributed by atoms with Gasteiger partial charge in [0.25, 0.3) is 0 Å². The van der Waals surface area contributed by atoms with Gasteiger partial charge in [-0.15, -0.1) is 0 Å². The number of ether oxygens (including phenoxy) is 1. The Hall–Kier alpha value is -0.860. The number of aryl methyl sites for hydroxylation is 1. The molecule has 0 saturated heterocycles. The highest BCUT2D eigenvalue weighted by atomic mass is 16.5. The Balaban J connectivity index is 1.90. The van der Waals surface area contributed by atoms with Gasteiger partial charge in [-0.25, -0.2) is 0 Å². The van der Waals surface area contributed by atoms with Gasteiger partial charge in [0.1, 0.15) is 0 Å². The zero-order valence-electron chi connectivity index (χ0n) is 12.3. The molecule has 2 heteroatoms. The normalized spacial score (nSPS) is 21.9. The van der Waals surface area contributed by atoms with Crippen LogP contribution in [0.1, 0.15) is 44.2 Å². The molecule has 1 aliphatic rings. The van der Waals surface area contributed by atoms with E-state index in [2.05, 4.69) is 38.1 Å². The lowest BCUT2D eigenvalue weighted by Gasteiger charge is -2.29. The highest BCUT2D eigenvalue weighted by Gasteiger charge is 2.36. The van der Waals surface area contributed by atoms with Gasteiger partial charge >= 0.3 is 0 Å². The van der Waals surface area contributed by atoms with E-state index in [1.165, 1.54) is 24.0 Å². The predicted octanol–water partition coefficient (Wildman–Crippen LogP) is 3.28. The number of rotatable bonds is 7. The number of hydrogen-bond donors (Lipinski definition) is 1. The summed E-state index contributed by atoms with van der Waals surface area (Å²) >= 11 is 0. The Morgan fingerprint density at radius 3 is 2.79 bits per heavy atom. The number of benzene rings is 1. The van der Waals surface area contributed by atoms with Gasteiger partial charge in [-0.3, -0.25) is 0 Å². The summed E-state index contributed by atoms with van der Waals surface area (Å²) < 4.78 is 5.79. The molecule has 1 atom stereocenters. The van der Waals surface area contributed by atoms with Crippen molar-refractivity contribution in [1.82, 2.24) is 0 Å². The lowest BCUT2D eigenvalue weighted by atomic mass is 9.79. The molecule has 0 heterocycles. The van der Waals surface area contributed by atoms with Crippen molar-refractivity contribution in [3.8, 4) is 0 Å². The van der Waals surface area contributed by atoms with Crippen molar-refractivity contribution in [2.45, 2.75) is 44.9 Å². The van der Waals surface area contributed by atoms with Crippen LogP contribution in [0.5, 0.6) is 0 Å². The zero-order chi connectivity index (χ0) is 13.7. The molecule has 0 aromatic heterocycles. The maximum absolute atomic E-state index is 6.09. The second-order valence-corrected chi connectivity index (χ2v) is 6.19. The Labute approximate surface area is 117 Å². The Bertz CT molecular complexity index is 402. The van der Waals surface area contributed by atoms with Gasteiger partial charge in [0.2, 0.25) is 0 Å². The van der Waals surface area contributed by atoms with Gasteiger partial charge < -0.3 is 10.5 Å². The maximum atomic E-state index is 6.09. The van der Waals surface area contributed by atoms with E-state index in [0.717, 1.165) is 38.5 Å². The highest BCUT2D eigenvalue weighted by Crippen LogP contribution is 2.40. The summed E-state index contributed by atoms with van der Waals surface area (Å²) in [6.07, 6.45) is 4.54. The molecule has 0 bridgehead atoms. The van der Waals surface area contributed by atoms with Crippen LogP contribution >= 0.6 is 0 Å². The number of nitrogens with two attached hydrogens (primary N) is 1. The van der Waals surface area contributed by atoms with E-state index in [1.807, 2.05) is 0 Å². The first-order chi connectivity index (χ1) is 9.18. The fraction of sp³-hybridized carbons (Fsp3) is 0.647. The third-order valence-electron chi connectivity index (χ3n) is 4.42. The van der Waals surface area contributed by atoms with E-state index in [9.17, 15) is 0 Å². The summed E-state index contributed by atoms with van der Waals surface area (Å²) in [4.78, 5) is 0. The van der Waals surface area contributed by atoms with Crippen molar-refractivity contribution in [1.29, 1.82) is 0 Å². The van der Waals surface area contributed by atoms with Crippen molar-refractivity contribution in [3.05, 3.63) is 35.4 Å². The first-order valence-electron chi connectivity index (χ1n) is 7.54. The molecular weight excluding hydrogens is 234 g/mol. The van der Waals surface area contributed by atoms with Crippen LogP contribution in [-0.2, 0) is 16.6 Å². The topological polar surface area (TPSA) is 35.2 Å². The minimum Gasteiger partial charge on any atom is -0.381 e. The van der Waals surface area contributed by atoms with E-state index >= 15 is 0 Å². The summed E-state index contributed by atoms with van der Waals surface area (Å²) in [7, 11) is 0. The smallest absolute Gasteiger partial charge is 0.0475 e. The average Bonchev–Trinajstić information content (AvgIpc) is 2.78. The molecule has 0 aliphatic heterocycles. The second kappa shape index (κ2) is 6.53. The molecular formula is C17H27NO. The summed E-state index contributed by atoms with van der Waals surface area (Å²) in [6, 6.07) is 8.76. The van der Waals surface area contributed by atoms with Crippen molar-refractivity contribution in [3.63, 3.8) is 0 Å². The fourth-order valence-corrected chi connectivity index (χ4v) is 3.03. The third-order valence-corrected chi connectivity index (χ3v) is 4.42. The molecule has 1 aliphatic carbocycles. The molecule has 1 aromatic carbocycles. The van der Waals surface area contributed by atoms with E-state index in [4.69, 9.17) is 10.5 Å². The van der Waals surface area contributed by atoms with Gasteiger partial charge in [0.15, 0.2) is 0 Å². The van der Waals surface area contributed by atoms with Crippen LogP contribution in [0.25, 0.3) is 0 Å². The SMILES string of the molecule is CC(C)CCOCCC1(CN)CCc2ccccc21. The summed E-state index contributed by atoms with van der Waals surface area (Å²) in [6.45, 7) is 6.91. The molecule has 106 valence electrons. The predicted molar refractivity (Wildman–Crippen MR) is 80.4 cm³/mol. The average molecular weight is 261 g/mol. The summed E-state index contributed by atoms with van der Waals surface area (Å²) in [5.41, 5.74) is 9.20. The monoisotopic (exact) mass is 261 g/mol. The largest absolute Gasteiger partial charge is 0.381 e. The molecule has 0 radical (unpaired) electrons. The molecule has 1 aromatic rings. The lowest BCUT2D eigenvalue weighted by Crippen LogP contribution is -2.34. The minimum absolute atomic E-state index is 0.161. The van der Waals surface area contributed by atoms with Gasteiger partial charge in [0.05, 0.1) is 0 Å². The fourth-order valence-electron chi connectivity index (χ4n) is 3.03. The maximum Gasteiger partial charge on any atom is 0.0475 e.